The van der Waals surface area contributed by atoms with Crippen molar-refractivity contribution in [3.63, 3.8) is 0 Å². The Morgan fingerprint density at radius 2 is 1.62 bits per heavy atom. The molecule has 2 aromatic carbocycles. The van der Waals surface area contributed by atoms with Crippen LogP contribution in [-0.2, 0) is 32.6 Å². The fourth-order valence-corrected chi connectivity index (χ4v) is 4.72. The molecule has 0 unspecified atom stereocenters. The van der Waals surface area contributed by atoms with E-state index >= 15 is 0 Å². The van der Waals surface area contributed by atoms with Gasteiger partial charge in [0.1, 0.15) is 12.6 Å². The standard InChI is InChI=1S/C26H37N3O4S/c1-7-22-11-9-10-12-24(22)29(34(6,32)33)18-25(30)28(17-21-15-13-20(5)14-16-21)23(8-2)26(31)27-19(3)4/h9-16,19,23H,7-8,17-18H2,1-6H3,(H,27,31)/t23-/m0/s1. The lowest BCUT2D eigenvalue weighted by Gasteiger charge is -2.33. The lowest BCUT2D eigenvalue weighted by atomic mass is 10.1. The minimum atomic E-state index is -3.74. The van der Waals surface area contributed by atoms with Gasteiger partial charge in [0.15, 0.2) is 0 Å². The third-order valence-electron chi connectivity index (χ3n) is 5.61. The molecule has 0 radical (unpaired) electrons. The van der Waals surface area contributed by atoms with Crippen molar-refractivity contribution < 1.29 is 18.0 Å². The van der Waals surface area contributed by atoms with E-state index in [4.69, 9.17) is 0 Å². The minimum absolute atomic E-state index is 0.0816. The first-order valence-electron chi connectivity index (χ1n) is 11.7. The normalized spacial score (nSPS) is 12.3. The van der Waals surface area contributed by atoms with E-state index in [1.54, 1.807) is 12.1 Å². The van der Waals surface area contributed by atoms with Crippen LogP contribution in [0.25, 0.3) is 0 Å². The number of hydrogen-bond acceptors (Lipinski definition) is 4. The van der Waals surface area contributed by atoms with Gasteiger partial charge < -0.3 is 10.2 Å². The second-order valence-corrected chi connectivity index (χ2v) is 10.8. The number of sulfonamides is 1. The summed E-state index contributed by atoms with van der Waals surface area (Å²) in [5.41, 5.74) is 3.27. The van der Waals surface area contributed by atoms with Gasteiger partial charge in [0.05, 0.1) is 11.9 Å². The zero-order valence-electron chi connectivity index (χ0n) is 21.0. The molecule has 0 saturated heterocycles. The SMILES string of the molecule is CCc1ccccc1N(CC(=O)N(Cc1ccc(C)cc1)[C@@H](CC)C(=O)NC(C)C)S(C)(=O)=O. The predicted molar refractivity (Wildman–Crippen MR) is 137 cm³/mol. The molecule has 8 heteroatoms. The average molecular weight is 488 g/mol. The molecule has 0 spiro atoms. The number of nitrogens with one attached hydrogen (secondary N) is 1. The van der Waals surface area contributed by atoms with E-state index in [2.05, 4.69) is 5.32 Å². The fraction of sp³-hybridized carbons (Fsp3) is 0.462. The highest BCUT2D eigenvalue weighted by Crippen LogP contribution is 2.24. The Morgan fingerprint density at radius 3 is 2.15 bits per heavy atom. The second-order valence-electron chi connectivity index (χ2n) is 8.85. The molecule has 0 saturated carbocycles. The molecule has 0 aliphatic heterocycles. The van der Waals surface area contributed by atoms with Crippen LogP contribution in [0, 0.1) is 6.92 Å². The van der Waals surface area contributed by atoms with E-state index in [-0.39, 0.29) is 25.0 Å². The van der Waals surface area contributed by atoms with Crippen LogP contribution in [0.15, 0.2) is 48.5 Å². The molecular weight excluding hydrogens is 450 g/mol. The number of nitrogens with zero attached hydrogens (tertiary/aromatic N) is 2. The first-order valence-corrected chi connectivity index (χ1v) is 13.5. The summed E-state index contributed by atoms with van der Waals surface area (Å²) in [5.74, 6) is -0.680. The molecule has 1 N–H and O–H groups in total. The van der Waals surface area contributed by atoms with Gasteiger partial charge in [-0.1, -0.05) is 61.9 Å². The Morgan fingerprint density at radius 1 is 1.00 bits per heavy atom. The summed E-state index contributed by atoms with van der Waals surface area (Å²) < 4.78 is 26.6. The number of carbonyl (C=O) groups is 2. The van der Waals surface area contributed by atoms with Gasteiger partial charge in [-0.05, 0) is 50.8 Å². The lowest BCUT2D eigenvalue weighted by molar-refractivity contribution is -0.140. The number of aryl methyl sites for hydroxylation is 2. The summed E-state index contributed by atoms with van der Waals surface area (Å²) in [4.78, 5) is 28.2. The van der Waals surface area contributed by atoms with Gasteiger partial charge in [-0.15, -0.1) is 0 Å². The molecule has 1 atom stereocenters. The van der Waals surface area contributed by atoms with Gasteiger partial charge in [0, 0.05) is 12.6 Å². The van der Waals surface area contributed by atoms with Crippen LogP contribution in [0.4, 0.5) is 5.69 Å². The van der Waals surface area contributed by atoms with Gasteiger partial charge in [-0.2, -0.15) is 0 Å². The number of benzene rings is 2. The van der Waals surface area contributed by atoms with Crippen LogP contribution in [0.5, 0.6) is 0 Å². The molecule has 186 valence electrons. The maximum atomic E-state index is 13.7. The van der Waals surface area contributed by atoms with E-state index in [0.717, 1.165) is 27.3 Å². The topological polar surface area (TPSA) is 86.8 Å². The number of anilines is 1. The summed E-state index contributed by atoms with van der Waals surface area (Å²) in [7, 11) is -3.74. The van der Waals surface area contributed by atoms with E-state index in [9.17, 15) is 18.0 Å². The fourth-order valence-electron chi connectivity index (χ4n) is 3.84. The highest BCUT2D eigenvalue weighted by atomic mass is 32.2. The summed E-state index contributed by atoms with van der Waals surface area (Å²) >= 11 is 0. The van der Waals surface area contributed by atoms with Crippen molar-refractivity contribution in [1.29, 1.82) is 0 Å². The Balaban J connectivity index is 2.47. The maximum absolute atomic E-state index is 13.7. The third-order valence-corrected chi connectivity index (χ3v) is 6.74. The van der Waals surface area contributed by atoms with Crippen LogP contribution >= 0.6 is 0 Å². The molecule has 0 fully saturated rings. The van der Waals surface area contributed by atoms with Crippen molar-refractivity contribution in [2.45, 2.75) is 66.1 Å². The molecular formula is C26H37N3O4S. The molecule has 2 rings (SSSR count). The van der Waals surface area contributed by atoms with Crippen molar-refractivity contribution in [1.82, 2.24) is 10.2 Å². The number of para-hydroxylation sites is 1. The van der Waals surface area contributed by atoms with Gasteiger partial charge in [0.25, 0.3) is 0 Å². The van der Waals surface area contributed by atoms with E-state index in [1.165, 1.54) is 4.90 Å². The van der Waals surface area contributed by atoms with Crippen LogP contribution < -0.4 is 9.62 Å². The van der Waals surface area contributed by atoms with Crippen LogP contribution in [0.2, 0.25) is 0 Å². The number of rotatable bonds is 11. The number of amides is 2. The van der Waals surface area contributed by atoms with Crippen LogP contribution in [-0.4, -0.2) is 50.0 Å². The highest BCUT2D eigenvalue weighted by molar-refractivity contribution is 7.92. The molecule has 0 aliphatic carbocycles. The van der Waals surface area contributed by atoms with Gasteiger partial charge >= 0.3 is 0 Å². The van der Waals surface area contributed by atoms with Crippen molar-refractivity contribution in [3.05, 3.63) is 65.2 Å². The average Bonchev–Trinajstić information content (AvgIpc) is 2.77. The third kappa shape index (κ3) is 7.32. The van der Waals surface area contributed by atoms with Crippen molar-refractivity contribution in [3.8, 4) is 0 Å². The largest absolute Gasteiger partial charge is 0.352 e. The monoisotopic (exact) mass is 487 g/mol. The maximum Gasteiger partial charge on any atom is 0.244 e. The quantitative estimate of drug-likeness (QED) is 0.524. The Hall–Kier alpha value is -2.87. The smallest absolute Gasteiger partial charge is 0.244 e. The van der Waals surface area contributed by atoms with Crippen LogP contribution in [0.1, 0.15) is 50.8 Å². The van der Waals surface area contributed by atoms with Gasteiger partial charge in [-0.25, -0.2) is 8.42 Å². The predicted octanol–water partition coefficient (Wildman–Crippen LogP) is 3.66. The summed E-state index contributed by atoms with van der Waals surface area (Å²) in [6, 6.07) is 14.1. The lowest BCUT2D eigenvalue weighted by Crippen LogP contribution is -2.53. The highest BCUT2D eigenvalue weighted by Gasteiger charge is 2.32. The molecule has 0 aromatic heterocycles. The Kier molecular flexibility index (Phi) is 9.67. The van der Waals surface area contributed by atoms with E-state index in [0.29, 0.717) is 18.5 Å². The first-order chi connectivity index (χ1) is 16.0. The Labute approximate surface area is 204 Å². The van der Waals surface area contributed by atoms with Crippen molar-refractivity contribution >= 4 is 27.5 Å². The number of hydrogen-bond donors (Lipinski definition) is 1. The molecule has 2 amide bonds. The first kappa shape index (κ1) is 27.4. The van der Waals surface area contributed by atoms with Crippen molar-refractivity contribution in [2.24, 2.45) is 0 Å². The summed E-state index contributed by atoms with van der Waals surface area (Å²) in [6.45, 7) is 9.32. The van der Waals surface area contributed by atoms with Crippen molar-refractivity contribution in [2.75, 3.05) is 17.1 Å². The molecule has 7 nitrogen and oxygen atoms in total. The van der Waals surface area contributed by atoms with Gasteiger partial charge in [0.2, 0.25) is 21.8 Å². The summed E-state index contributed by atoms with van der Waals surface area (Å²) in [6.07, 6.45) is 2.12. The zero-order valence-corrected chi connectivity index (χ0v) is 21.9. The molecule has 0 bridgehead atoms. The molecule has 0 heterocycles. The van der Waals surface area contributed by atoms with Crippen LogP contribution in [0.3, 0.4) is 0 Å². The van der Waals surface area contributed by atoms with E-state index in [1.807, 2.05) is 71.0 Å². The Bertz CT molecular complexity index is 1080. The van der Waals surface area contributed by atoms with E-state index < -0.39 is 22.0 Å². The molecule has 2 aromatic rings. The summed E-state index contributed by atoms with van der Waals surface area (Å²) in [5, 5.41) is 2.89. The molecule has 34 heavy (non-hydrogen) atoms. The van der Waals surface area contributed by atoms with Gasteiger partial charge in [-0.3, -0.25) is 13.9 Å². The second kappa shape index (κ2) is 12.0. The number of carbonyl (C=O) groups excluding carboxylic acids is 2. The zero-order chi connectivity index (χ0) is 25.5. The molecule has 0 aliphatic rings. The minimum Gasteiger partial charge on any atom is -0.352 e.